The van der Waals surface area contributed by atoms with Gasteiger partial charge in [-0.05, 0) is 17.7 Å². The fraction of sp³-hybridized carbons (Fsp3) is 0.538. The number of halogens is 4. The minimum atomic E-state index is -3.30. The van der Waals surface area contributed by atoms with Crippen molar-refractivity contribution >= 4 is 12.4 Å². The summed E-state index contributed by atoms with van der Waals surface area (Å²) in [5.41, 5.74) is 0.195. The molecular weight excluding hydrogens is 293 g/mol. The molecule has 20 heavy (non-hydrogen) atoms. The molecule has 0 saturated carbocycles. The first-order valence-electron chi connectivity index (χ1n) is 6.23. The van der Waals surface area contributed by atoms with Crippen LogP contribution in [0.4, 0.5) is 13.2 Å². The topological polar surface area (TPSA) is 35.5 Å². The van der Waals surface area contributed by atoms with Gasteiger partial charge < -0.3 is 10.4 Å². The normalized spacial score (nSPS) is 18.4. The smallest absolute Gasteiger partial charge is 0.289 e. The standard InChI is InChI=1S/C13H17F3N2O.ClH/c14-11-3-1-2-10(8-11)12(13(15,16)9-19)18-6-4-17-5-7-18;/h1-3,8,12,17,19H,4-7,9H2;1H/t12-;/m1./s1. The molecule has 1 aromatic rings. The molecule has 2 N–H and O–H groups in total. The maximum absolute atomic E-state index is 14.0. The van der Waals surface area contributed by atoms with Gasteiger partial charge in [0.25, 0.3) is 5.92 Å². The number of hydrogen-bond acceptors (Lipinski definition) is 3. The lowest BCUT2D eigenvalue weighted by Crippen LogP contribution is -2.51. The van der Waals surface area contributed by atoms with Gasteiger partial charge in [-0.2, -0.15) is 0 Å². The highest BCUT2D eigenvalue weighted by molar-refractivity contribution is 5.85. The van der Waals surface area contributed by atoms with Gasteiger partial charge in [-0.1, -0.05) is 12.1 Å². The molecular formula is C13H18ClF3N2O. The van der Waals surface area contributed by atoms with Gasteiger partial charge in [-0.25, -0.2) is 13.2 Å². The number of rotatable bonds is 4. The first-order chi connectivity index (χ1) is 9.04. The van der Waals surface area contributed by atoms with E-state index in [1.165, 1.54) is 18.2 Å². The summed E-state index contributed by atoms with van der Waals surface area (Å²) < 4.78 is 41.2. The second-order valence-electron chi connectivity index (χ2n) is 4.66. The van der Waals surface area contributed by atoms with Gasteiger partial charge in [0.15, 0.2) is 0 Å². The summed E-state index contributed by atoms with van der Waals surface area (Å²) in [4.78, 5) is 1.58. The summed E-state index contributed by atoms with van der Waals surface area (Å²) in [5.74, 6) is -3.85. The Labute approximate surface area is 122 Å². The van der Waals surface area contributed by atoms with E-state index >= 15 is 0 Å². The van der Waals surface area contributed by atoms with E-state index in [1.54, 1.807) is 4.90 Å². The molecule has 0 unspecified atom stereocenters. The summed E-state index contributed by atoms with van der Waals surface area (Å²) in [6.07, 6.45) is 0. The minimum Gasteiger partial charge on any atom is -0.390 e. The molecule has 1 aliphatic rings. The van der Waals surface area contributed by atoms with Crippen LogP contribution in [-0.4, -0.2) is 48.7 Å². The van der Waals surface area contributed by atoms with Crippen molar-refractivity contribution in [1.29, 1.82) is 0 Å². The van der Waals surface area contributed by atoms with E-state index in [2.05, 4.69) is 5.32 Å². The lowest BCUT2D eigenvalue weighted by Gasteiger charge is -2.38. The molecule has 7 heteroatoms. The van der Waals surface area contributed by atoms with E-state index in [0.717, 1.165) is 6.07 Å². The van der Waals surface area contributed by atoms with Crippen molar-refractivity contribution in [3.63, 3.8) is 0 Å². The first-order valence-corrected chi connectivity index (χ1v) is 6.23. The monoisotopic (exact) mass is 310 g/mol. The number of aliphatic hydroxyl groups excluding tert-OH is 1. The summed E-state index contributed by atoms with van der Waals surface area (Å²) in [6, 6.07) is 3.91. The molecule has 0 aromatic heterocycles. The van der Waals surface area contributed by atoms with Gasteiger partial charge in [-0.15, -0.1) is 12.4 Å². The Hall–Kier alpha value is -0.820. The van der Waals surface area contributed by atoms with E-state index in [1.807, 2.05) is 0 Å². The summed E-state index contributed by atoms with van der Waals surface area (Å²) in [5, 5.41) is 12.0. The molecule has 0 aliphatic carbocycles. The molecule has 114 valence electrons. The third-order valence-electron chi connectivity index (χ3n) is 3.29. The lowest BCUT2D eigenvalue weighted by atomic mass is 9.98. The van der Waals surface area contributed by atoms with Crippen molar-refractivity contribution in [3.8, 4) is 0 Å². The molecule has 1 aromatic carbocycles. The fourth-order valence-electron chi connectivity index (χ4n) is 2.43. The second-order valence-corrected chi connectivity index (χ2v) is 4.66. The first kappa shape index (κ1) is 17.2. The van der Waals surface area contributed by atoms with Gasteiger partial charge in [0.05, 0.1) is 0 Å². The van der Waals surface area contributed by atoms with Gasteiger partial charge >= 0.3 is 0 Å². The third kappa shape index (κ3) is 3.85. The van der Waals surface area contributed by atoms with Crippen molar-refractivity contribution in [3.05, 3.63) is 35.6 Å². The average Bonchev–Trinajstić information content (AvgIpc) is 2.40. The lowest BCUT2D eigenvalue weighted by molar-refractivity contribution is -0.118. The molecule has 1 aliphatic heterocycles. The highest BCUT2D eigenvalue weighted by Crippen LogP contribution is 2.36. The summed E-state index contributed by atoms with van der Waals surface area (Å²) in [7, 11) is 0. The SMILES string of the molecule is Cl.OCC(F)(F)[C@@H](c1cccc(F)c1)N1CCNCC1. The molecule has 0 amide bonds. The van der Waals surface area contributed by atoms with Crippen molar-refractivity contribution < 1.29 is 18.3 Å². The van der Waals surface area contributed by atoms with Crippen molar-refractivity contribution in [2.45, 2.75) is 12.0 Å². The molecule has 1 fully saturated rings. The van der Waals surface area contributed by atoms with Crippen LogP contribution in [0.3, 0.4) is 0 Å². The number of aliphatic hydroxyl groups is 1. The van der Waals surface area contributed by atoms with Crippen LogP contribution in [0.15, 0.2) is 24.3 Å². The van der Waals surface area contributed by atoms with Crippen LogP contribution in [0, 0.1) is 5.82 Å². The molecule has 1 atom stereocenters. The number of benzene rings is 1. The van der Waals surface area contributed by atoms with Crippen LogP contribution in [-0.2, 0) is 0 Å². The molecule has 1 saturated heterocycles. The van der Waals surface area contributed by atoms with Crippen LogP contribution < -0.4 is 5.32 Å². The Balaban J connectivity index is 0.00000200. The molecule has 1 heterocycles. The van der Waals surface area contributed by atoms with E-state index in [9.17, 15) is 13.2 Å². The molecule has 0 spiro atoms. The number of alkyl halides is 2. The predicted molar refractivity (Wildman–Crippen MR) is 72.9 cm³/mol. The molecule has 0 radical (unpaired) electrons. The largest absolute Gasteiger partial charge is 0.390 e. The Morgan fingerprint density at radius 2 is 1.95 bits per heavy atom. The Morgan fingerprint density at radius 3 is 2.50 bits per heavy atom. The highest BCUT2D eigenvalue weighted by Gasteiger charge is 2.44. The maximum Gasteiger partial charge on any atom is 0.289 e. The number of nitrogens with zero attached hydrogens (tertiary/aromatic N) is 1. The quantitative estimate of drug-likeness (QED) is 0.890. The zero-order valence-electron chi connectivity index (χ0n) is 10.9. The third-order valence-corrected chi connectivity index (χ3v) is 3.29. The average molecular weight is 311 g/mol. The van der Waals surface area contributed by atoms with Crippen molar-refractivity contribution in [2.75, 3.05) is 32.8 Å². The predicted octanol–water partition coefficient (Wildman–Crippen LogP) is 1.82. The second kappa shape index (κ2) is 7.26. The van der Waals surface area contributed by atoms with Crippen LogP contribution in [0.25, 0.3) is 0 Å². The Kier molecular flexibility index (Phi) is 6.26. The van der Waals surface area contributed by atoms with Gasteiger partial charge in [0.1, 0.15) is 18.5 Å². The molecule has 0 bridgehead atoms. The van der Waals surface area contributed by atoms with E-state index < -0.39 is 24.4 Å². The Bertz CT molecular complexity index is 428. The van der Waals surface area contributed by atoms with Crippen LogP contribution >= 0.6 is 12.4 Å². The van der Waals surface area contributed by atoms with Gasteiger partial charge in [0.2, 0.25) is 0 Å². The van der Waals surface area contributed by atoms with E-state index in [4.69, 9.17) is 5.11 Å². The van der Waals surface area contributed by atoms with Crippen molar-refractivity contribution in [1.82, 2.24) is 10.2 Å². The summed E-state index contributed by atoms with van der Waals surface area (Å²) in [6.45, 7) is 0.840. The Morgan fingerprint density at radius 1 is 1.30 bits per heavy atom. The maximum atomic E-state index is 14.0. The van der Waals surface area contributed by atoms with Crippen LogP contribution in [0.5, 0.6) is 0 Å². The molecule has 2 rings (SSSR count). The summed E-state index contributed by atoms with van der Waals surface area (Å²) >= 11 is 0. The van der Waals surface area contributed by atoms with Crippen LogP contribution in [0.1, 0.15) is 11.6 Å². The highest BCUT2D eigenvalue weighted by atomic mass is 35.5. The fourth-order valence-corrected chi connectivity index (χ4v) is 2.43. The minimum absolute atomic E-state index is 0. The van der Waals surface area contributed by atoms with Crippen LogP contribution in [0.2, 0.25) is 0 Å². The number of hydrogen-bond donors (Lipinski definition) is 2. The zero-order valence-corrected chi connectivity index (χ0v) is 11.7. The van der Waals surface area contributed by atoms with Gasteiger partial charge in [-0.3, -0.25) is 4.90 Å². The van der Waals surface area contributed by atoms with E-state index in [-0.39, 0.29) is 18.0 Å². The van der Waals surface area contributed by atoms with Crippen molar-refractivity contribution in [2.24, 2.45) is 0 Å². The van der Waals surface area contributed by atoms with Gasteiger partial charge in [0, 0.05) is 26.2 Å². The number of piperazine rings is 1. The zero-order chi connectivity index (χ0) is 13.9. The molecule has 3 nitrogen and oxygen atoms in total. The number of nitrogens with one attached hydrogen (secondary N) is 1. The van der Waals surface area contributed by atoms with E-state index in [0.29, 0.717) is 26.2 Å².